The summed E-state index contributed by atoms with van der Waals surface area (Å²) in [5.74, 6) is 0. The Morgan fingerprint density at radius 2 is 2.06 bits per heavy atom. The Hall–Kier alpha value is -0.530. The molecular weight excluding hydrogens is 278 g/mol. The zero-order valence-electron chi connectivity index (χ0n) is 8.32. The number of pyridine rings is 1. The molecule has 5 nitrogen and oxygen atoms in total. The summed E-state index contributed by atoms with van der Waals surface area (Å²) in [5, 5.41) is 28.3. The minimum Gasteiger partial charge on any atom is -0.394 e. The van der Waals surface area contributed by atoms with Crippen LogP contribution in [-0.4, -0.2) is 45.2 Å². The fraction of sp³-hybridized carbons (Fsp3) is 0.500. The molecule has 1 aliphatic rings. The molecule has 6 heteroatoms. The average molecular weight is 290 g/mol. The van der Waals surface area contributed by atoms with Gasteiger partial charge in [0.2, 0.25) is 0 Å². The molecule has 1 aromatic heterocycles. The summed E-state index contributed by atoms with van der Waals surface area (Å²) in [6, 6.07) is 3.47. The predicted octanol–water partition coefficient (Wildman–Crippen LogP) is -0.00190. The van der Waals surface area contributed by atoms with Crippen LogP contribution in [-0.2, 0) is 4.74 Å². The molecule has 16 heavy (non-hydrogen) atoms. The second-order valence-electron chi connectivity index (χ2n) is 3.67. The number of hydrogen-bond acceptors (Lipinski definition) is 5. The number of ether oxygens (including phenoxy) is 1. The van der Waals surface area contributed by atoms with E-state index in [0.717, 1.165) is 0 Å². The largest absolute Gasteiger partial charge is 0.394 e. The Labute approximate surface area is 101 Å². The van der Waals surface area contributed by atoms with Crippen LogP contribution in [0.5, 0.6) is 0 Å². The molecule has 2 heterocycles. The lowest BCUT2D eigenvalue weighted by Gasteiger charge is -2.14. The SMILES string of the molecule is OC[C@H]1O[C@H](c2ccc(Br)nc2)[C@H](O)[C@@H]1O. The third-order valence-corrected chi connectivity index (χ3v) is 3.09. The second-order valence-corrected chi connectivity index (χ2v) is 4.49. The van der Waals surface area contributed by atoms with Gasteiger partial charge in [-0.3, -0.25) is 0 Å². The summed E-state index contributed by atoms with van der Waals surface area (Å²) < 4.78 is 6.04. The average Bonchev–Trinajstić information content (AvgIpc) is 2.57. The van der Waals surface area contributed by atoms with Crippen LogP contribution in [0.2, 0.25) is 0 Å². The molecule has 1 aromatic rings. The van der Waals surface area contributed by atoms with Crippen LogP contribution in [0, 0.1) is 0 Å². The van der Waals surface area contributed by atoms with Crippen LogP contribution in [0.25, 0.3) is 0 Å². The molecule has 0 spiro atoms. The van der Waals surface area contributed by atoms with Gasteiger partial charge in [-0.1, -0.05) is 6.07 Å². The van der Waals surface area contributed by atoms with Crippen molar-refractivity contribution in [2.75, 3.05) is 6.61 Å². The number of rotatable bonds is 2. The van der Waals surface area contributed by atoms with E-state index in [1.165, 1.54) is 0 Å². The molecule has 0 saturated carbocycles. The van der Waals surface area contributed by atoms with Gasteiger partial charge in [0.15, 0.2) is 0 Å². The zero-order chi connectivity index (χ0) is 11.7. The first-order chi connectivity index (χ1) is 7.63. The number of aliphatic hydroxyl groups is 3. The van der Waals surface area contributed by atoms with Gasteiger partial charge in [0.1, 0.15) is 29.0 Å². The fourth-order valence-electron chi connectivity index (χ4n) is 1.73. The van der Waals surface area contributed by atoms with Crippen molar-refractivity contribution in [2.45, 2.75) is 24.4 Å². The number of hydrogen-bond donors (Lipinski definition) is 3. The minimum absolute atomic E-state index is 0.321. The van der Waals surface area contributed by atoms with Crippen molar-refractivity contribution in [1.29, 1.82) is 0 Å². The monoisotopic (exact) mass is 289 g/mol. The van der Waals surface area contributed by atoms with E-state index in [1.807, 2.05) is 0 Å². The molecule has 1 fully saturated rings. The van der Waals surface area contributed by atoms with E-state index in [4.69, 9.17) is 9.84 Å². The van der Waals surface area contributed by atoms with Gasteiger partial charge in [-0.05, 0) is 22.0 Å². The first-order valence-corrected chi connectivity index (χ1v) is 5.66. The molecule has 0 aromatic carbocycles. The molecule has 1 saturated heterocycles. The van der Waals surface area contributed by atoms with Crippen molar-refractivity contribution in [3.05, 3.63) is 28.5 Å². The molecule has 0 bridgehead atoms. The fourth-order valence-corrected chi connectivity index (χ4v) is 1.97. The Balaban J connectivity index is 2.19. The van der Waals surface area contributed by atoms with Crippen molar-refractivity contribution in [3.63, 3.8) is 0 Å². The Morgan fingerprint density at radius 3 is 2.56 bits per heavy atom. The maximum absolute atomic E-state index is 9.76. The van der Waals surface area contributed by atoms with Crippen LogP contribution in [0.1, 0.15) is 11.7 Å². The zero-order valence-corrected chi connectivity index (χ0v) is 9.91. The van der Waals surface area contributed by atoms with Crippen molar-refractivity contribution < 1.29 is 20.1 Å². The molecule has 0 radical (unpaired) electrons. The van der Waals surface area contributed by atoms with Crippen molar-refractivity contribution >= 4 is 15.9 Å². The quantitative estimate of drug-likeness (QED) is 0.668. The van der Waals surface area contributed by atoms with Gasteiger partial charge in [0.05, 0.1) is 6.61 Å². The van der Waals surface area contributed by atoms with Gasteiger partial charge >= 0.3 is 0 Å². The summed E-state index contributed by atoms with van der Waals surface area (Å²) in [5.41, 5.74) is 0.672. The molecule has 1 aliphatic heterocycles. The summed E-state index contributed by atoms with van der Waals surface area (Å²) in [6.07, 6.45) is -1.94. The lowest BCUT2D eigenvalue weighted by molar-refractivity contribution is -0.0228. The number of aliphatic hydroxyl groups excluding tert-OH is 3. The summed E-state index contributed by atoms with van der Waals surface area (Å²) in [7, 11) is 0. The molecule has 88 valence electrons. The van der Waals surface area contributed by atoms with Gasteiger partial charge < -0.3 is 20.1 Å². The topological polar surface area (TPSA) is 82.8 Å². The highest BCUT2D eigenvalue weighted by Gasteiger charge is 2.42. The van der Waals surface area contributed by atoms with E-state index < -0.39 is 24.4 Å². The highest BCUT2D eigenvalue weighted by Crippen LogP contribution is 2.33. The molecule has 0 aliphatic carbocycles. The highest BCUT2D eigenvalue weighted by molar-refractivity contribution is 9.10. The molecule has 0 unspecified atom stereocenters. The molecule has 0 amide bonds. The minimum atomic E-state index is -1.07. The third-order valence-electron chi connectivity index (χ3n) is 2.62. The Kier molecular flexibility index (Phi) is 3.56. The molecule has 4 atom stereocenters. The second kappa shape index (κ2) is 4.77. The Bertz CT molecular complexity index is 358. The number of aromatic nitrogens is 1. The summed E-state index contributed by atoms with van der Waals surface area (Å²) in [4.78, 5) is 4.02. The first kappa shape index (κ1) is 11.9. The smallest absolute Gasteiger partial charge is 0.113 e. The van der Waals surface area contributed by atoms with Crippen LogP contribution in [0.15, 0.2) is 22.9 Å². The van der Waals surface area contributed by atoms with Gasteiger partial charge in [0.25, 0.3) is 0 Å². The lowest BCUT2D eigenvalue weighted by atomic mass is 10.0. The summed E-state index contributed by atoms with van der Waals surface area (Å²) in [6.45, 7) is -0.321. The Morgan fingerprint density at radius 1 is 1.31 bits per heavy atom. The van der Waals surface area contributed by atoms with E-state index in [9.17, 15) is 10.2 Å². The van der Waals surface area contributed by atoms with Gasteiger partial charge in [-0.15, -0.1) is 0 Å². The van der Waals surface area contributed by atoms with E-state index >= 15 is 0 Å². The molecule has 3 N–H and O–H groups in total. The predicted molar refractivity (Wildman–Crippen MR) is 58.7 cm³/mol. The van der Waals surface area contributed by atoms with E-state index in [-0.39, 0.29) is 6.61 Å². The normalized spacial score (nSPS) is 34.2. The van der Waals surface area contributed by atoms with E-state index in [2.05, 4.69) is 20.9 Å². The number of halogens is 1. The maximum atomic E-state index is 9.76. The van der Waals surface area contributed by atoms with Crippen LogP contribution >= 0.6 is 15.9 Å². The summed E-state index contributed by atoms with van der Waals surface area (Å²) >= 11 is 3.20. The van der Waals surface area contributed by atoms with Crippen LogP contribution in [0.3, 0.4) is 0 Å². The van der Waals surface area contributed by atoms with Crippen LogP contribution in [0.4, 0.5) is 0 Å². The standard InChI is InChI=1S/C10H12BrNO4/c11-7-2-1-5(3-12-7)10-9(15)8(14)6(4-13)16-10/h1-3,6,8-10,13-15H,4H2/t6-,8-,9-,10-/m1/s1. The maximum Gasteiger partial charge on any atom is 0.113 e. The lowest BCUT2D eigenvalue weighted by Crippen LogP contribution is -2.32. The van der Waals surface area contributed by atoms with Gasteiger partial charge in [0, 0.05) is 11.8 Å². The van der Waals surface area contributed by atoms with Gasteiger partial charge in [-0.25, -0.2) is 4.98 Å². The third kappa shape index (κ3) is 2.11. The first-order valence-electron chi connectivity index (χ1n) is 4.87. The number of nitrogens with zero attached hydrogens (tertiary/aromatic N) is 1. The van der Waals surface area contributed by atoms with Gasteiger partial charge in [-0.2, -0.15) is 0 Å². The molecular formula is C10H12BrNO4. The van der Waals surface area contributed by atoms with Crippen molar-refractivity contribution in [3.8, 4) is 0 Å². The van der Waals surface area contributed by atoms with E-state index in [0.29, 0.717) is 10.2 Å². The molecule has 2 rings (SSSR count). The van der Waals surface area contributed by atoms with Crippen molar-refractivity contribution in [2.24, 2.45) is 0 Å². The van der Waals surface area contributed by atoms with Crippen LogP contribution < -0.4 is 0 Å². The van der Waals surface area contributed by atoms with E-state index in [1.54, 1.807) is 18.3 Å². The highest BCUT2D eigenvalue weighted by atomic mass is 79.9. The van der Waals surface area contributed by atoms with Crippen molar-refractivity contribution in [1.82, 2.24) is 4.98 Å².